The number of amides is 1. The van der Waals surface area contributed by atoms with E-state index in [1.165, 1.54) is 18.3 Å². The molecule has 3 aromatic rings. The molecule has 0 spiro atoms. The number of nitrogens with zero attached hydrogens (tertiary/aromatic N) is 3. The summed E-state index contributed by atoms with van der Waals surface area (Å²) in [6.07, 6.45) is 3.47. The molecule has 5 nitrogen and oxygen atoms in total. The van der Waals surface area contributed by atoms with Crippen LogP contribution in [0.15, 0.2) is 18.5 Å². The van der Waals surface area contributed by atoms with Gasteiger partial charge in [0.2, 0.25) is 5.91 Å². The molecule has 24 heavy (non-hydrogen) atoms. The molecule has 0 radical (unpaired) electrons. The van der Waals surface area contributed by atoms with Crippen LogP contribution in [-0.4, -0.2) is 20.4 Å². The summed E-state index contributed by atoms with van der Waals surface area (Å²) in [7, 11) is 1.85. The highest BCUT2D eigenvalue weighted by Gasteiger charge is 2.31. The number of anilines is 1. The van der Waals surface area contributed by atoms with Crippen molar-refractivity contribution in [3.05, 3.63) is 29.0 Å². The van der Waals surface area contributed by atoms with Crippen LogP contribution in [0.25, 0.3) is 21.5 Å². The molecule has 0 aliphatic heterocycles. The van der Waals surface area contributed by atoms with Gasteiger partial charge in [-0.15, -0.1) is 11.3 Å². The molecule has 126 valence electrons. The second-order valence-electron chi connectivity index (χ2n) is 5.73. The fourth-order valence-corrected chi connectivity index (χ4v) is 3.64. The summed E-state index contributed by atoms with van der Waals surface area (Å²) in [5.41, 5.74) is 1.37. The summed E-state index contributed by atoms with van der Waals surface area (Å²) in [5.74, 6) is -2.79. The predicted molar refractivity (Wildman–Crippen MR) is 90.4 cm³/mol. The summed E-state index contributed by atoms with van der Waals surface area (Å²) in [5, 5.41) is 3.95. The smallest absolute Gasteiger partial charge is 0.288 e. The molecular weight excluding hydrogens is 334 g/mol. The van der Waals surface area contributed by atoms with Gasteiger partial charge in [0, 0.05) is 42.9 Å². The molecule has 1 amide bonds. The molecule has 0 aliphatic carbocycles. The zero-order valence-corrected chi connectivity index (χ0v) is 14.5. The van der Waals surface area contributed by atoms with Crippen LogP contribution in [0.2, 0.25) is 0 Å². The molecule has 3 aromatic heterocycles. The molecular formula is C16H16F2N4OS. The van der Waals surface area contributed by atoms with Crippen LogP contribution in [0.3, 0.4) is 0 Å². The monoisotopic (exact) mass is 350 g/mol. The van der Waals surface area contributed by atoms with E-state index in [0.29, 0.717) is 15.7 Å². The van der Waals surface area contributed by atoms with Crippen LogP contribution in [0, 0.1) is 6.92 Å². The zero-order valence-electron chi connectivity index (χ0n) is 13.6. The highest BCUT2D eigenvalue weighted by Crippen LogP contribution is 2.39. The number of halogens is 2. The molecule has 0 atom stereocenters. The number of fused-ring (bicyclic) bond motifs is 1. The van der Waals surface area contributed by atoms with E-state index in [9.17, 15) is 13.6 Å². The molecule has 3 rings (SSSR count). The van der Waals surface area contributed by atoms with Gasteiger partial charge in [-0.2, -0.15) is 8.78 Å². The number of hydrogen-bond acceptors (Lipinski definition) is 4. The Hall–Kier alpha value is -2.35. The number of alkyl halides is 2. The summed E-state index contributed by atoms with van der Waals surface area (Å²) in [6, 6.07) is 1.73. The van der Waals surface area contributed by atoms with E-state index in [2.05, 4.69) is 15.3 Å². The first-order valence-electron chi connectivity index (χ1n) is 7.25. The van der Waals surface area contributed by atoms with Crippen molar-refractivity contribution in [2.24, 2.45) is 7.05 Å². The van der Waals surface area contributed by atoms with Gasteiger partial charge in [-0.1, -0.05) is 0 Å². The van der Waals surface area contributed by atoms with Crippen LogP contribution >= 0.6 is 11.3 Å². The Morgan fingerprint density at radius 2 is 2.12 bits per heavy atom. The highest BCUT2D eigenvalue weighted by molar-refractivity contribution is 7.15. The largest absolute Gasteiger partial charge is 0.349 e. The van der Waals surface area contributed by atoms with Gasteiger partial charge < -0.3 is 9.88 Å². The standard InChI is InChI=1S/C16H16F2N4OS/c1-8-14(16(3,17)18)21-15(24-8)11-7-22(4)12-6-19-13(5-10(11)12)20-9(2)23/h5-7H,1-4H3,(H,19,20,23). The maximum atomic E-state index is 13.7. The number of hydrogen-bond donors (Lipinski definition) is 1. The number of rotatable bonds is 3. The number of carbonyl (C=O) groups is 1. The van der Waals surface area contributed by atoms with Crippen LogP contribution in [0.5, 0.6) is 0 Å². The number of aromatic nitrogens is 3. The van der Waals surface area contributed by atoms with Gasteiger partial charge in [0.15, 0.2) is 0 Å². The first-order chi connectivity index (χ1) is 11.2. The highest BCUT2D eigenvalue weighted by atomic mass is 32.1. The van der Waals surface area contributed by atoms with Crippen molar-refractivity contribution in [2.45, 2.75) is 26.7 Å². The third-order valence-electron chi connectivity index (χ3n) is 3.62. The third-order valence-corrected chi connectivity index (χ3v) is 4.63. The Kier molecular flexibility index (Phi) is 3.87. The lowest BCUT2D eigenvalue weighted by Gasteiger charge is -2.06. The van der Waals surface area contributed by atoms with Crippen molar-refractivity contribution in [3.63, 3.8) is 0 Å². The molecule has 0 unspecified atom stereocenters. The van der Waals surface area contributed by atoms with E-state index in [4.69, 9.17) is 0 Å². The topological polar surface area (TPSA) is 59.8 Å². The van der Waals surface area contributed by atoms with Crippen LogP contribution in [-0.2, 0) is 17.8 Å². The fourth-order valence-electron chi connectivity index (χ4n) is 2.62. The number of thiazole rings is 1. The fraction of sp³-hybridized carbons (Fsp3) is 0.312. The SMILES string of the molecule is CC(=O)Nc1cc2c(-c3nc(C(C)(F)F)c(C)s3)cn(C)c2cn1. The maximum Gasteiger partial charge on any atom is 0.288 e. The lowest BCUT2D eigenvalue weighted by atomic mass is 10.2. The third kappa shape index (κ3) is 2.89. The van der Waals surface area contributed by atoms with E-state index in [1.54, 1.807) is 19.2 Å². The molecule has 0 saturated heterocycles. The number of aryl methyl sites for hydroxylation is 2. The van der Waals surface area contributed by atoms with E-state index < -0.39 is 5.92 Å². The lowest BCUT2D eigenvalue weighted by molar-refractivity contribution is -0.114. The summed E-state index contributed by atoms with van der Waals surface area (Å²) in [4.78, 5) is 20.0. The van der Waals surface area contributed by atoms with Crippen molar-refractivity contribution in [2.75, 3.05) is 5.32 Å². The Morgan fingerprint density at radius 1 is 1.42 bits per heavy atom. The van der Waals surface area contributed by atoms with Crippen LogP contribution < -0.4 is 5.32 Å². The summed E-state index contributed by atoms with van der Waals surface area (Å²) in [6.45, 7) is 3.89. The minimum atomic E-state index is -2.98. The Bertz CT molecular complexity index is 940. The van der Waals surface area contributed by atoms with Crippen LogP contribution in [0.4, 0.5) is 14.6 Å². The van der Waals surface area contributed by atoms with Gasteiger partial charge in [0.05, 0.1) is 11.7 Å². The Morgan fingerprint density at radius 3 is 2.71 bits per heavy atom. The maximum absolute atomic E-state index is 13.7. The van der Waals surface area contributed by atoms with Crippen molar-refractivity contribution >= 4 is 34.0 Å². The first-order valence-corrected chi connectivity index (χ1v) is 8.07. The van der Waals surface area contributed by atoms with Crippen LogP contribution in [0.1, 0.15) is 24.4 Å². The molecule has 0 fully saturated rings. The minimum Gasteiger partial charge on any atom is -0.349 e. The quantitative estimate of drug-likeness (QED) is 0.774. The van der Waals surface area contributed by atoms with Gasteiger partial charge in [0.25, 0.3) is 5.92 Å². The minimum absolute atomic E-state index is 0.198. The Balaban J connectivity index is 2.17. The van der Waals surface area contributed by atoms with Gasteiger partial charge in [-0.3, -0.25) is 4.79 Å². The van der Waals surface area contributed by atoms with Crippen molar-refractivity contribution in [1.29, 1.82) is 0 Å². The summed E-state index contributed by atoms with van der Waals surface area (Å²) < 4.78 is 29.2. The van der Waals surface area contributed by atoms with E-state index in [-0.39, 0.29) is 11.6 Å². The van der Waals surface area contributed by atoms with Gasteiger partial charge in [-0.05, 0) is 13.0 Å². The zero-order chi connectivity index (χ0) is 17.6. The molecule has 0 aromatic carbocycles. The number of nitrogens with one attached hydrogen (secondary N) is 1. The normalized spacial score (nSPS) is 11.9. The average Bonchev–Trinajstić information content (AvgIpc) is 2.99. The van der Waals surface area contributed by atoms with E-state index in [1.807, 2.05) is 17.8 Å². The molecule has 0 saturated carbocycles. The first kappa shape index (κ1) is 16.5. The van der Waals surface area contributed by atoms with Gasteiger partial charge >= 0.3 is 0 Å². The summed E-state index contributed by atoms with van der Waals surface area (Å²) >= 11 is 1.23. The second kappa shape index (κ2) is 5.62. The van der Waals surface area contributed by atoms with Gasteiger partial charge in [-0.25, -0.2) is 9.97 Å². The molecule has 0 bridgehead atoms. The predicted octanol–water partition coefficient (Wildman–Crippen LogP) is 4.08. The van der Waals surface area contributed by atoms with Crippen molar-refractivity contribution in [1.82, 2.24) is 14.5 Å². The Labute approximate surface area is 141 Å². The molecule has 0 aliphatic rings. The van der Waals surface area contributed by atoms with E-state index in [0.717, 1.165) is 23.4 Å². The average molecular weight is 350 g/mol. The van der Waals surface area contributed by atoms with Gasteiger partial charge in [0.1, 0.15) is 16.5 Å². The second-order valence-corrected chi connectivity index (χ2v) is 6.94. The van der Waals surface area contributed by atoms with Crippen molar-refractivity contribution in [3.8, 4) is 10.6 Å². The molecule has 1 N–H and O–H groups in total. The lowest BCUT2D eigenvalue weighted by Crippen LogP contribution is -2.08. The molecule has 3 heterocycles. The number of carbonyl (C=O) groups excluding carboxylic acids is 1. The van der Waals surface area contributed by atoms with Crippen molar-refractivity contribution < 1.29 is 13.6 Å². The van der Waals surface area contributed by atoms with E-state index >= 15 is 0 Å². The number of pyridine rings is 1. The molecule has 8 heteroatoms.